The topological polar surface area (TPSA) is 105 Å². The number of carbonyl (C=O) groups is 3. The largest absolute Gasteiger partial charge is 0.480 e. The van der Waals surface area contributed by atoms with Crippen LogP contribution < -0.4 is 10.6 Å². The standard InChI is InChI=1S/C27H34N2O5/c1-4-5-14-23(25(30)28-24(26(31)32)15-17(2)3)29-27(33)34-16-22-20-12-8-6-10-18(20)19-11-7-9-13-21(19)22/h6-13,17,22-24H,4-5,14-16H2,1-3H3,(H,28,30)(H,29,33)(H,31,32)/t23-,24+/m0/s1. The molecule has 7 nitrogen and oxygen atoms in total. The summed E-state index contributed by atoms with van der Waals surface area (Å²) in [6.45, 7) is 5.92. The van der Waals surface area contributed by atoms with Crippen LogP contribution in [0.4, 0.5) is 4.79 Å². The molecule has 0 fully saturated rings. The average molecular weight is 467 g/mol. The van der Waals surface area contributed by atoms with Crippen molar-refractivity contribution in [3.8, 4) is 11.1 Å². The van der Waals surface area contributed by atoms with Crippen LogP contribution in [0.2, 0.25) is 0 Å². The van der Waals surface area contributed by atoms with Gasteiger partial charge in [0.25, 0.3) is 0 Å². The zero-order chi connectivity index (χ0) is 24.7. The summed E-state index contributed by atoms with van der Waals surface area (Å²) >= 11 is 0. The lowest BCUT2D eigenvalue weighted by molar-refractivity contribution is -0.142. The second-order valence-electron chi connectivity index (χ2n) is 9.19. The molecule has 0 bridgehead atoms. The van der Waals surface area contributed by atoms with Crippen LogP contribution in [-0.2, 0) is 14.3 Å². The predicted molar refractivity (Wildman–Crippen MR) is 131 cm³/mol. The first kappa shape index (κ1) is 25.3. The van der Waals surface area contributed by atoms with Gasteiger partial charge in [-0.15, -0.1) is 0 Å². The molecule has 0 aromatic heterocycles. The summed E-state index contributed by atoms with van der Waals surface area (Å²) in [6.07, 6.45) is 1.58. The summed E-state index contributed by atoms with van der Waals surface area (Å²) in [7, 11) is 0. The Hall–Kier alpha value is -3.35. The van der Waals surface area contributed by atoms with E-state index in [1.54, 1.807) is 0 Å². The van der Waals surface area contributed by atoms with Crippen molar-refractivity contribution in [1.29, 1.82) is 0 Å². The van der Waals surface area contributed by atoms with Crippen LogP contribution in [0.15, 0.2) is 48.5 Å². The first-order chi connectivity index (χ1) is 16.3. The van der Waals surface area contributed by atoms with Gasteiger partial charge in [0.15, 0.2) is 0 Å². The van der Waals surface area contributed by atoms with E-state index in [4.69, 9.17) is 4.74 Å². The van der Waals surface area contributed by atoms with Gasteiger partial charge in [0, 0.05) is 5.92 Å². The summed E-state index contributed by atoms with van der Waals surface area (Å²) in [6, 6.07) is 14.3. The van der Waals surface area contributed by atoms with E-state index in [1.165, 1.54) is 0 Å². The Labute approximate surface area is 200 Å². The molecule has 7 heteroatoms. The molecule has 0 unspecified atom stereocenters. The van der Waals surface area contributed by atoms with E-state index in [0.717, 1.165) is 28.7 Å². The maximum atomic E-state index is 12.8. The Bertz CT molecular complexity index is 974. The molecule has 2 amide bonds. The number of hydrogen-bond donors (Lipinski definition) is 3. The highest BCUT2D eigenvalue weighted by Crippen LogP contribution is 2.44. The lowest BCUT2D eigenvalue weighted by Gasteiger charge is -2.22. The van der Waals surface area contributed by atoms with E-state index in [2.05, 4.69) is 22.8 Å². The van der Waals surface area contributed by atoms with Crippen molar-refractivity contribution in [1.82, 2.24) is 10.6 Å². The van der Waals surface area contributed by atoms with Crippen molar-refractivity contribution in [3.63, 3.8) is 0 Å². The Morgan fingerprint density at radius 2 is 1.53 bits per heavy atom. The minimum atomic E-state index is -1.09. The van der Waals surface area contributed by atoms with Crippen LogP contribution in [0.1, 0.15) is 63.5 Å². The van der Waals surface area contributed by atoms with Crippen LogP contribution >= 0.6 is 0 Å². The van der Waals surface area contributed by atoms with Crippen LogP contribution in [0.5, 0.6) is 0 Å². The van der Waals surface area contributed by atoms with Crippen LogP contribution in [0.3, 0.4) is 0 Å². The van der Waals surface area contributed by atoms with Crippen LogP contribution in [-0.4, -0.2) is 41.8 Å². The fourth-order valence-electron chi connectivity index (χ4n) is 4.42. The maximum Gasteiger partial charge on any atom is 0.407 e. The lowest BCUT2D eigenvalue weighted by atomic mass is 9.98. The number of benzene rings is 2. The molecule has 2 atom stereocenters. The first-order valence-corrected chi connectivity index (χ1v) is 12.0. The molecule has 1 aliphatic rings. The zero-order valence-electron chi connectivity index (χ0n) is 20.0. The third-order valence-corrected chi connectivity index (χ3v) is 6.12. The van der Waals surface area contributed by atoms with Crippen molar-refractivity contribution >= 4 is 18.0 Å². The smallest absolute Gasteiger partial charge is 0.407 e. The number of carboxylic acids is 1. The fraction of sp³-hybridized carbons (Fsp3) is 0.444. The van der Waals surface area contributed by atoms with Gasteiger partial charge in [0.1, 0.15) is 18.7 Å². The first-order valence-electron chi connectivity index (χ1n) is 12.0. The van der Waals surface area contributed by atoms with Gasteiger partial charge >= 0.3 is 12.1 Å². The second kappa shape index (κ2) is 11.7. The van der Waals surface area contributed by atoms with Crippen LogP contribution in [0.25, 0.3) is 11.1 Å². The summed E-state index contributed by atoms with van der Waals surface area (Å²) < 4.78 is 5.57. The molecule has 2 aromatic carbocycles. The summed E-state index contributed by atoms with van der Waals surface area (Å²) in [4.78, 5) is 37.0. The molecule has 0 saturated carbocycles. The number of carboxylic acid groups (broad SMARTS) is 1. The number of fused-ring (bicyclic) bond motifs is 3. The van der Waals surface area contributed by atoms with Crippen molar-refractivity contribution < 1.29 is 24.2 Å². The van der Waals surface area contributed by atoms with Gasteiger partial charge in [-0.2, -0.15) is 0 Å². The minimum Gasteiger partial charge on any atom is -0.480 e. The molecule has 0 saturated heterocycles. The highest BCUT2D eigenvalue weighted by atomic mass is 16.5. The SMILES string of the molecule is CCCC[C@H](NC(=O)OCC1c2ccccc2-c2ccccc21)C(=O)N[C@H](CC(C)C)C(=O)O. The maximum absolute atomic E-state index is 12.8. The van der Waals surface area contributed by atoms with Gasteiger partial charge in [0.2, 0.25) is 5.91 Å². The molecule has 3 N–H and O–H groups in total. The third kappa shape index (κ3) is 6.16. The highest BCUT2D eigenvalue weighted by Gasteiger charge is 2.30. The molecular formula is C27H34N2O5. The Morgan fingerprint density at radius 1 is 0.941 bits per heavy atom. The molecule has 0 heterocycles. The molecule has 3 rings (SSSR count). The predicted octanol–water partition coefficient (Wildman–Crippen LogP) is 4.70. The van der Waals surface area contributed by atoms with Crippen molar-refractivity contribution in [2.45, 2.75) is 64.5 Å². The van der Waals surface area contributed by atoms with E-state index in [-0.39, 0.29) is 18.4 Å². The second-order valence-corrected chi connectivity index (χ2v) is 9.19. The zero-order valence-corrected chi connectivity index (χ0v) is 20.0. The molecular weight excluding hydrogens is 432 g/mol. The molecule has 2 aromatic rings. The molecule has 0 spiro atoms. The van der Waals surface area contributed by atoms with Crippen molar-refractivity contribution in [2.24, 2.45) is 5.92 Å². The van der Waals surface area contributed by atoms with Gasteiger partial charge in [-0.05, 0) is 41.0 Å². The average Bonchev–Trinajstić information content (AvgIpc) is 3.13. The fourth-order valence-corrected chi connectivity index (χ4v) is 4.42. The molecule has 0 aliphatic heterocycles. The van der Waals surface area contributed by atoms with Gasteiger partial charge in [-0.25, -0.2) is 9.59 Å². The number of aliphatic carboxylic acids is 1. The summed E-state index contributed by atoms with van der Waals surface area (Å²) in [5.41, 5.74) is 4.49. The Kier molecular flexibility index (Phi) is 8.68. The Morgan fingerprint density at radius 3 is 2.06 bits per heavy atom. The van der Waals surface area contributed by atoms with E-state index in [1.807, 2.05) is 57.2 Å². The molecule has 182 valence electrons. The molecule has 34 heavy (non-hydrogen) atoms. The van der Waals surface area contributed by atoms with Crippen molar-refractivity contribution in [3.05, 3.63) is 59.7 Å². The van der Waals surface area contributed by atoms with E-state index in [9.17, 15) is 19.5 Å². The number of alkyl carbamates (subject to hydrolysis) is 1. The normalized spacial score (nSPS) is 14.1. The quantitative estimate of drug-likeness (QED) is 0.445. The molecule has 0 radical (unpaired) electrons. The summed E-state index contributed by atoms with van der Waals surface area (Å²) in [5, 5.41) is 14.7. The number of ether oxygens (including phenoxy) is 1. The monoisotopic (exact) mass is 466 g/mol. The number of nitrogens with one attached hydrogen (secondary N) is 2. The van der Waals surface area contributed by atoms with Gasteiger partial charge in [-0.1, -0.05) is 82.1 Å². The van der Waals surface area contributed by atoms with Crippen LogP contribution in [0, 0.1) is 5.92 Å². The number of rotatable bonds is 11. The minimum absolute atomic E-state index is 0.0801. The Balaban J connectivity index is 1.65. The van der Waals surface area contributed by atoms with Crippen molar-refractivity contribution in [2.75, 3.05) is 6.61 Å². The lowest BCUT2D eigenvalue weighted by Crippen LogP contribution is -2.52. The number of unbranched alkanes of at least 4 members (excludes halogenated alkanes) is 1. The number of carbonyl (C=O) groups excluding carboxylic acids is 2. The summed E-state index contributed by atoms with van der Waals surface area (Å²) in [5.74, 6) is -1.57. The van der Waals surface area contributed by atoms with Gasteiger partial charge < -0.3 is 20.5 Å². The molecule has 1 aliphatic carbocycles. The van der Waals surface area contributed by atoms with E-state index >= 15 is 0 Å². The van der Waals surface area contributed by atoms with Gasteiger partial charge in [-0.3, -0.25) is 4.79 Å². The van der Waals surface area contributed by atoms with E-state index in [0.29, 0.717) is 19.3 Å². The van der Waals surface area contributed by atoms with Gasteiger partial charge in [0.05, 0.1) is 0 Å². The third-order valence-electron chi connectivity index (χ3n) is 6.12. The highest BCUT2D eigenvalue weighted by molar-refractivity contribution is 5.89. The number of hydrogen-bond acceptors (Lipinski definition) is 4. The van der Waals surface area contributed by atoms with E-state index < -0.39 is 30.1 Å². The number of amides is 2.